The lowest BCUT2D eigenvalue weighted by Crippen LogP contribution is -1.96. The van der Waals surface area contributed by atoms with E-state index in [1.54, 1.807) is 7.11 Å². The maximum atomic E-state index is 5.89. The van der Waals surface area contributed by atoms with Gasteiger partial charge >= 0.3 is 0 Å². The van der Waals surface area contributed by atoms with Crippen LogP contribution in [0.15, 0.2) is 18.2 Å². The van der Waals surface area contributed by atoms with Gasteiger partial charge in [-0.2, -0.15) is 11.8 Å². The molecule has 1 aromatic carbocycles. The van der Waals surface area contributed by atoms with Crippen LogP contribution in [0.5, 0.6) is 5.75 Å². The van der Waals surface area contributed by atoms with Gasteiger partial charge in [0, 0.05) is 17.5 Å². The van der Waals surface area contributed by atoms with Crippen LogP contribution in [0.4, 0.5) is 5.69 Å². The van der Waals surface area contributed by atoms with E-state index in [4.69, 9.17) is 10.5 Å². The molecule has 2 nitrogen and oxygen atoms in total. The van der Waals surface area contributed by atoms with Crippen LogP contribution < -0.4 is 10.5 Å². The normalized spacial score (nSPS) is 10.6. The molecule has 1 rings (SSSR count). The first-order valence-electron chi connectivity index (χ1n) is 4.67. The number of ether oxygens (including phenoxy) is 1. The molecule has 0 unspecified atom stereocenters. The predicted molar refractivity (Wildman–Crippen MR) is 63.8 cm³/mol. The van der Waals surface area contributed by atoms with E-state index in [2.05, 4.69) is 13.8 Å². The van der Waals surface area contributed by atoms with Gasteiger partial charge in [0.15, 0.2) is 0 Å². The zero-order valence-corrected chi connectivity index (χ0v) is 9.73. The Morgan fingerprint density at radius 3 is 2.64 bits per heavy atom. The highest BCUT2D eigenvalue weighted by Gasteiger charge is 2.02. The molecular weight excluding hydrogens is 194 g/mol. The van der Waals surface area contributed by atoms with Crippen LogP contribution in [-0.4, -0.2) is 12.4 Å². The van der Waals surface area contributed by atoms with Crippen molar-refractivity contribution in [3.05, 3.63) is 23.8 Å². The third kappa shape index (κ3) is 3.14. The largest absolute Gasteiger partial charge is 0.497 e. The Morgan fingerprint density at radius 1 is 1.43 bits per heavy atom. The van der Waals surface area contributed by atoms with E-state index in [1.807, 2.05) is 30.0 Å². The first-order chi connectivity index (χ1) is 6.63. The molecule has 0 aliphatic heterocycles. The third-order valence-electron chi connectivity index (χ3n) is 1.93. The Labute approximate surface area is 89.8 Å². The van der Waals surface area contributed by atoms with E-state index in [-0.39, 0.29) is 0 Å². The quantitative estimate of drug-likeness (QED) is 0.778. The number of rotatable bonds is 4. The Kier molecular flexibility index (Phi) is 4.14. The lowest BCUT2D eigenvalue weighted by molar-refractivity contribution is 0.415. The van der Waals surface area contributed by atoms with Crippen LogP contribution in [0.3, 0.4) is 0 Å². The minimum atomic E-state index is 0.636. The molecule has 0 heterocycles. The fourth-order valence-corrected chi connectivity index (χ4v) is 1.86. The summed E-state index contributed by atoms with van der Waals surface area (Å²) in [6.45, 7) is 4.37. The van der Waals surface area contributed by atoms with Crippen molar-refractivity contribution in [1.82, 2.24) is 0 Å². The number of nitrogen functional groups attached to an aromatic ring is 1. The Hall–Kier alpha value is -0.830. The van der Waals surface area contributed by atoms with Crippen molar-refractivity contribution >= 4 is 17.4 Å². The molecule has 3 heteroatoms. The molecule has 2 N–H and O–H groups in total. The summed E-state index contributed by atoms with van der Waals surface area (Å²) < 4.78 is 5.09. The summed E-state index contributed by atoms with van der Waals surface area (Å²) in [6, 6.07) is 5.85. The van der Waals surface area contributed by atoms with Gasteiger partial charge in [-0.25, -0.2) is 0 Å². The summed E-state index contributed by atoms with van der Waals surface area (Å²) in [5.74, 6) is 1.79. The molecule has 0 saturated carbocycles. The van der Waals surface area contributed by atoms with Gasteiger partial charge in [-0.1, -0.05) is 19.9 Å². The number of benzene rings is 1. The minimum Gasteiger partial charge on any atom is -0.497 e. The molecule has 0 bridgehead atoms. The molecule has 0 amide bonds. The van der Waals surface area contributed by atoms with Crippen molar-refractivity contribution in [2.24, 2.45) is 0 Å². The van der Waals surface area contributed by atoms with Gasteiger partial charge in [0.2, 0.25) is 0 Å². The van der Waals surface area contributed by atoms with Gasteiger partial charge < -0.3 is 10.5 Å². The van der Waals surface area contributed by atoms with Gasteiger partial charge in [-0.3, -0.25) is 0 Å². The number of hydrogen-bond donors (Lipinski definition) is 1. The molecule has 0 radical (unpaired) electrons. The summed E-state index contributed by atoms with van der Waals surface area (Å²) in [5, 5.41) is 0.636. The maximum absolute atomic E-state index is 5.89. The monoisotopic (exact) mass is 211 g/mol. The van der Waals surface area contributed by atoms with Crippen LogP contribution in [0.1, 0.15) is 19.4 Å². The molecule has 1 aromatic rings. The predicted octanol–water partition coefficient (Wildman–Crippen LogP) is 2.92. The van der Waals surface area contributed by atoms with Crippen molar-refractivity contribution < 1.29 is 4.74 Å². The molecule has 0 fully saturated rings. The fraction of sp³-hybridized carbons (Fsp3) is 0.455. The van der Waals surface area contributed by atoms with Crippen molar-refractivity contribution in [1.29, 1.82) is 0 Å². The number of nitrogens with two attached hydrogens (primary N) is 1. The molecule has 0 atom stereocenters. The van der Waals surface area contributed by atoms with E-state index in [9.17, 15) is 0 Å². The number of methoxy groups -OCH3 is 1. The number of anilines is 1. The highest BCUT2D eigenvalue weighted by Crippen LogP contribution is 2.25. The van der Waals surface area contributed by atoms with Crippen molar-refractivity contribution in [3.8, 4) is 5.75 Å². The third-order valence-corrected chi connectivity index (χ3v) is 3.07. The standard InChI is InChI=1S/C11H17NOS/c1-8(2)14-7-9-4-5-10(13-3)6-11(9)12/h4-6,8H,7,12H2,1-3H3. The van der Waals surface area contributed by atoms with E-state index in [0.717, 1.165) is 17.2 Å². The SMILES string of the molecule is COc1ccc(CSC(C)C)c(N)c1. The van der Waals surface area contributed by atoms with Gasteiger partial charge in [0.1, 0.15) is 5.75 Å². The number of hydrogen-bond acceptors (Lipinski definition) is 3. The molecular formula is C11H17NOS. The van der Waals surface area contributed by atoms with Crippen LogP contribution in [0, 0.1) is 0 Å². The molecule has 0 aromatic heterocycles. The Bertz CT molecular complexity index is 299. The average Bonchev–Trinajstić information content (AvgIpc) is 2.15. The summed E-state index contributed by atoms with van der Waals surface area (Å²) in [5.41, 5.74) is 7.89. The van der Waals surface area contributed by atoms with E-state index < -0.39 is 0 Å². The van der Waals surface area contributed by atoms with Crippen molar-refractivity contribution in [3.63, 3.8) is 0 Å². The van der Waals surface area contributed by atoms with Gasteiger partial charge in [-0.05, 0) is 16.9 Å². The summed E-state index contributed by atoms with van der Waals surface area (Å²) >= 11 is 1.89. The zero-order chi connectivity index (χ0) is 10.6. The van der Waals surface area contributed by atoms with Crippen LogP contribution in [0.25, 0.3) is 0 Å². The maximum Gasteiger partial charge on any atom is 0.120 e. The summed E-state index contributed by atoms with van der Waals surface area (Å²) in [4.78, 5) is 0. The molecule has 14 heavy (non-hydrogen) atoms. The first kappa shape index (κ1) is 11.2. The van der Waals surface area contributed by atoms with E-state index in [0.29, 0.717) is 5.25 Å². The molecule has 0 spiro atoms. The molecule has 0 saturated heterocycles. The van der Waals surface area contributed by atoms with Crippen molar-refractivity contribution in [2.75, 3.05) is 12.8 Å². The zero-order valence-electron chi connectivity index (χ0n) is 8.91. The van der Waals surface area contributed by atoms with Gasteiger partial charge in [0.05, 0.1) is 7.11 Å². The lowest BCUT2D eigenvalue weighted by Gasteiger charge is -2.09. The second-order valence-electron chi connectivity index (χ2n) is 3.42. The Balaban J connectivity index is 2.69. The molecule has 0 aliphatic rings. The number of thioether (sulfide) groups is 1. The minimum absolute atomic E-state index is 0.636. The van der Waals surface area contributed by atoms with Gasteiger partial charge in [-0.15, -0.1) is 0 Å². The van der Waals surface area contributed by atoms with Crippen LogP contribution >= 0.6 is 11.8 Å². The summed E-state index contributed by atoms with van der Waals surface area (Å²) in [6.07, 6.45) is 0. The fourth-order valence-electron chi connectivity index (χ4n) is 1.09. The first-order valence-corrected chi connectivity index (χ1v) is 5.72. The lowest BCUT2D eigenvalue weighted by atomic mass is 10.2. The van der Waals surface area contributed by atoms with Crippen molar-refractivity contribution in [2.45, 2.75) is 24.9 Å². The van der Waals surface area contributed by atoms with E-state index in [1.165, 1.54) is 5.56 Å². The highest BCUT2D eigenvalue weighted by atomic mass is 32.2. The Morgan fingerprint density at radius 2 is 2.14 bits per heavy atom. The van der Waals surface area contributed by atoms with Crippen LogP contribution in [0.2, 0.25) is 0 Å². The second-order valence-corrected chi connectivity index (χ2v) is 4.99. The van der Waals surface area contributed by atoms with Crippen LogP contribution in [-0.2, 0) is 5.75 Å². The summed E-state index contributed by atoms with van der Waals surface area (Å²) in [7, 11) is 1.65. The second kappa shape index (κ2) is 5.15. The smallest absolute Gasteiger partial charge is 0.120 e. The average molecular weight is 211 g/mol. The van der Waals surface area contributed by atoms with Gasteiger partial charge in [0.25, 0.3) is 0 Å². The molecule has 78 valence electrons. The highest BCUT2D eigenvalue weighted by molar-refractivity contribution is 7.99. The molecule has 0 aliphatic carbocycles. The topological polar surface area (TPSA) is 35.2 Å². The van der Waals surface area contributed by atoms with E-state index >= 15 is 0 Å².